The third kappa shape index (κ3) is 2.58. The van der Waals surface area contributed by atoms with E-state index in [9.17, 15) is 5.11 Å². The van der Waals surface area contributed by atoms with Crippen molar-refractivity contribution in [3.8, 4) is 0 Å². The topological polar surface area (TPSA) is 46.2 Å². The molecule has 1 fully saturated rings. The van der Waals surface area contributed by atoms with Crippen LogP contribution in [-0.2, 0) is 6.42 Å². The highest BCUT2D eigenvalue weighted by atomic mass is 16.3. The molecular weight excluding hydrogens is 186 g/mol. The van der Waals surface area contributed by atoms with Gasteiger partial charge in [-0.3, -0.25) is 0 Å². The van der Waals surface area contributed by atoms with Crippen LogP contribution in [0.1, 0.15) is 24.8 Å². The molecule has 1 aliphatic carbocycles. The maximum absolute atomic E-state index is 9.97. The highest BCUT2D eigenvalue weighted by Crippen LogP contribution is 2.31. The van der Waals surface area contributed by atoms with E-state index >= 15 is 0 Å². The van der Waals surface area contributed by atoms with Crippen molar-refractivity contribution in [2.75, 3.05) is 0 Å². The number of aliphatic hydroxyl groups is 1. The second-order valence-electron chi connectivity index (χ2n) is 4.54. The molecule has 2 rings (SSSR count). The van der Waals surface area contributed by atoms with Gasteiger partial charge in [-0.1, -0.05) is 36.8 Å². The van der Waals surface area contributed by atoms with Crippen LogP contribution in [0.15, 0.2) is 30.3 Å². The van der Waals surface area contributed by atoms with Gasteiger partial charge in [0.15, 0.2) is 0 Å². The van der Waals surface area contributed by atoms with Gasteiger partial charge in [0, 0.05) is 6.04 Å². The van der Waals surface area contributed by atoms with Gasteiger partial charge >= 0.3 is 0 Å². The van der Waals surface area contributed by atoms with E-state index in [2.05, 4.69) is 12.1 Å². The lowest BCUT2D eigenvalue weighted by Crippen LogP contribution is -2.43. The molecule has 1 saturated carbocycles. The largest absolute Gasteiger partial charge is 0.391 e. The fourth-order valence-corrected chi connectivity index (χ4v) is 2.14. The van der Waals surface area contributed by atoms with E-state index in [1.54, 1.807) is 0 Å². The van der Waals surface area contributed by atoms with Crippen LogP contribution in [0.3, 0.4) is 0 Å². The van der Waals surface area contributed by atoms with E-state index < -0.39 is 0 Å². The Labute approximate surface area is 91.1 Å². The molecule has 0 spiro atoms. The first-order valence-electron chi connectivity index (χ1n) is 5.75. The smallest absolute Gasteiger partial charge is 0.0722 e. The Bertz CT molecular complexity index is 295. The van der Waals surface area contributed by atoms with Crippen LogP contribution in [0.5, 0.6) is 0 Å². The van der Waals surface area contributed by atoms with E-state index in [1.165, 1.54) is 12.0 Å². The minimum absolute atomic E-state index is 0.113. The Hall–Kier alpha value is -0.860. The predicted octanol–water partition coefficient (Wildman–Crippen LogP) is 1.72. The lowest BCUT2D eigenvalue weighted by atomic mass is 9.78. The van der Waals surface area contributed by atoms with Gasteiger partial charge in [0.25, 0.3) is 0 Å². The number of hydrogen-bond acceptors (Lipinski definition) is 2. The minimum atomic E-state index is -0.320. The lowest BCUT2D eigenvalue weighted by molar-refractivity contribution is 0.0418. The fraction of sp³-hybridized carbons (Fsp3) is 0.538. The molecule has 0 aromatic heterocycles. The average Bonchev–Trinajstić information content (AvgIpc) is 2.16. The maximum Gasteiger partial charge on any atom is 0.0722 e. The molecule has 2 atom stereocenters. The van der Waals surface area contributed by atoms with Gasteiger partial charge in [-0.05, 0) is 30.7 Å². The van der Waals surface area contributed by atoms with E-state index in [0.29, 0.717) is 5.92 Å². The average molecular weight is 205 g/mol. The van der Waals surface area contributed by atoms with Crippen LogP contribution in [0.2, 0.25) is 0 Å². The first kappa shape index (κ1) is 10.7. The predicted molar refractivity (Wildman–Crippen MR) is 61.5 cm³/mol. The number of hydrogen-bond donors (Lipinski definition) is 2. The van der Waals surface area contributed by atoms with Crippen LogP contribution >= 0.6 is 0 Å². The summed E-state index contributed by atoms with van der Waals surface area (Å²) in [6.07, 6.45) is 3.99. The summed E-state index contributed by atoms with van der Waals surface area (Å²) in [5.41, 5.74) is 7.22. The summed E-state index contributed by atoms with van der Waals surface area (Å²) in [5.74, 6) is 0.448. The Morgan fingerprint density at radius 3 is 2.47 bits per heavy atom. The van der Waals surface area contributed by atoms with E-state index in [-0.39, 0.29) is 12.1 Å². The lowest BCUT2D eigenvalue weighted by Gasteiger charge is -2.33. The van der Waals surface area contributed by atoms with Crippen LogP contribution < -0.4 is 5.73 Å². The molecule has 0 heterocycles. The van der Waals surface area contributed by atoms with Crippen molar-refractivity contribution in [2.45, 2.75) is 37.8 Å². The van der Waals surface area contributed by atoms with Gasteiger partial charge < -0.3 is 10.8 Å². The zero-order valence-corrected chi connectivity index (χ0v) is 8.97. The molecule has 1 aromatic carbocycles. The molecule has 0 radical (unpaired) electrons. The molecule has 1 aromatic rings. The van der Waals surface area contributed by atoms with Crippen LogP contribution in [0.25, 0.3) is 0 Å². The first-order chi connectivity index (χ1) is 7.27. The van der Waals surface area contributed by atoms with Gasteiger partial charge in [0.05, 0.1) is 6.10 Å². The molecule has 2 unspecified atom stereocenters. The van der Waals surface area contributed by atoms with Gasteiger partial charge in [0.2, 0.25) is 0 Å². The normalized spacial score (nSPS) is 20.7. The Morgan fingerprint density at radius 2 is 1.93 bits per heavy atom. The summed E-state index contributed by atoms with van der Waals surface area (Å²) in [6, 6.07) is 10.0. The maximum atomic E-state index is 9.97. The number of benzene rings is 1. The molecule has 2 heteroatoms. The third-order valence-corrected chi connectivity index (χ3v) is 3.39. The molecule has 2 nitrogen and oxygen atoms in total. The van der Waals surface area contributed by atoms with Crippen LogP contribution in [0.4, 0.5) is 0 Å². The van der Waals surface area contributed by atoms with Gasteiger partial charge in [-0.2, -0.15) is 0 Å². The Morgan fingerprint density at radius 1 is 1.27 bits per heavy atom. The van der Waals surface area contributed by atoms with Crippen molar-refractivity contribution in [1.29, 1.82) is 0 Å². The molecular formula is C13H19NO. The number of nitrogens with two attached hydrogens (primary N) is 1. The zero-order valence-electron chi connectivity index (χ0n) is 8.97. The zero-order chi connectivity index (χ0) is 10.7. The van der Waals surface area contributed by atoms with E-state index in [0.717, 1.165) is 19.3 Å². The fourth-order valence-electron chi connectivity index (χ4n) is 2.14. The van der Waals surface area contributed by atoms with E-state index in [1.807, 2.05) is 18.2 Å². The van der Waals surface area contributed by atoms with Crippen molar-refractivity contribution in [3.05, 3.63) is 35.9 Å². The van der Waals surface area contributed by atoms with Gasteiger partial charge in [-0.15, -0.1) is 0 Å². The Balaban J connectivity index is 1.88. The number of aliphatic hydroxyl groups excluding tert-OH is 1. The molecule has 0 aliphatic heterocycles. The van der Waals surface area contributed by atoms with Gasteiger partial charge in [0.1, 0.15) is 0 Å². The highest BCUT2D eigenvalue weighted by Gasteiger charge is 2.29. The molecule has 1 aliphatic rings. The summed E-state index contributed by atoms with van der Waals surface area (Å²) in [6.45, 7) is 0. The summed E-state index contributed by atoms with van der Waals surface area (Å²) in [7, 11) is 0. The quantitative estimate of drug-likeness (QED) is 0.786. The minimum Gasteiger partial charge on any atom is -0.391 e. The first-order valence-corrected chi connectivity index (χ1v) is 5.75. The molecule has 0 amide bonds. The molecule has 0 saturated heterocycles. The van der Waals surface area contributed by atoms with Crippen molar-refractivity contribution in [2.24, 2.45) is 11.7 Å². The summed E-state index contributed by atoms with van der Waals surface area (Å²) >= 11 is 0. The van der Waals surface area contributed by atoms with Crippen molar-refractivity contribution in [1.82, 2.24) is 0 Å². The monoisotopic (exact) mass is 205 g/mol. The van der Waals surface area contributed by atoms with Crippen LogP contribution in [-0.4, -0.2) is 17.3 Å². The standard InChI is InChI=1S/C13H19NO/c14-12(13(15)11-7-4-8-11)9-10-5-2-1-3-6-10/h1-3,5-6,11-13,15H,4,7-9,14H2. The van der Waals surface area contributed by atoms with Crippen molar-refractivity contribution >= 4 is 0 Å². The summed E-state index contributed by atoms with van der Waals surface area (Å²) in [5, 5.41) is 9.97. The van der Waals surface area contributed by atoms with Gasteiger partial charge in [-0.25, -0.2) is 0 Å². The second kappa shape index (κ2) is 4.77. The van der Waals surface area contributed by atoms with Crippen molar-refractivity contribution in [3.63, 3.8) is 0 Å². The summed E-state index contributed by atoms with van der Waals surface area (Å²) < 4.78 is 0. The van der Waals surface area contributed by atoms with E-state index in [4.69, 9.17) is 5.73 Å². The van der Waals surface area contributed by atoms with Crippen LogP contribution in [0, 0.1) is 5.92 Å². The molecule has 0 bridgehead atoms. The number of rotatable bonds is 4. The molecule has 15 heavy (non-hydrogen) atoms. The highest BCUT2D eigenvalue weighted by molar-refractivity contribution is 5.16. The Kier molecular flexibility index (Phi) is 3.39. The molecule has 3 N–H and O–H groups in total. The third-order valence-electron chi connectivity index (χ3n) is 3.39. The summed E-state index contributed by atoms with van der Waals surface area (Å²) in [4.78, 5) is 0. The van der Waals surface area contributed by atoms with Crippen molar-refractivity contribution < 1.29 is 5.11 Å². The second-order valence-corrected chi connectivity index (χ2v) is 4.54. The molecule has 82 valence electrons. The SMILES string of the molecule is NC(Cc1ccccc1)C(O)C1CCC1.